The molecular weight excluding hydrogens is 971 g/mol. The van der Waals surface area contributed by atoms with Gasteiger partial charge in [0.1, 0.15) is 12.7 Å². The van der Waals surface area contributed by atoms with Gasteiger partial charge in [0.05, 0.1) is 24.3 Å². The Balaban J connectivity index is 1.84. The van der Waals surface area contributed by atoms with E-state index in [1.165, 1.54) is 27.7 Å². The van der Waals surface area contributed by atoms with Crippen molar-refractivity contribution in [2.24, 2.45) is 28.8 Å². The molecule has 1 heterocycles. The standard InChI is InChI=1S/C54H93N7O14/c1-9-43-34-46(51(59-39(5)62)53(74-42(8)65)52(43)73-41(7)64)70-32-22-17-27-49(68)57-30-21-16-24-44(45(66)25-14-10-11-15-26-48(67)56-29-19-12-13-20-31-58-61-55)60-50(69)28-18-23-33-71-54-38(4)36(2)37(3)47(75-54)35-72-40(6)63/h36-38,43-44,46-47,51-54H,9-35H2,1-8H3,(H,56,67)(H,57,68)(H,59,62)(H,60,69)/t36?,37?,38?,43?,44-,46?,47?,51?,52?,53?,54?/m1/s1. The van der Waals surface area contributed by atoms with E-state index in [-0.39, 0.29) is 84.6 Å². The number of nitrogens with zero attached hydrogens (tertiary/aromatic N) is 3. The van der Waals surface area contributed by atoms with E-state index in [1.807, 2.05) is 6.92 Å². The van der Waals surface area contributed by atoms with Crippen LogP contribution in [0.25, 0.3) is 10.4 Å². The minimum absolute atomic E-state index is 0.0108. The van der Waals surface area contributed by atoms with Gasteiger partial charge in [0, 0.05) is 103 Å². The maximum Gasteiger partial charge on any atom is 0.303 e. The van der Waals surface area contributed by atoms with Crippen LogP contribution in [0.5, 0.6) is 0 Å². The Labute approximate surface area is 445 Å². The van der Waals surface area contributed by atoms with Crippen LogP contribution in [-0.2, 0) is 66.8 Å². The average Bonchev–Trinajstić information content (AvgIpc) is 3.35. The van der Waals surface area contributed by atoms with Gasteiger partial charge >= 0.3 is 17.9 Å². The number of ether oxygens (including phenoxy) is 6. The second-order valence-electron chi connectivity index (χ2n) is 20.5. The fourth-order valence-electron chi connectivity index (χ4n) is 9.71. The smallest absolute Gasteiger partial charge is 0.303 e. The first kappa shape index (κ1) is 66.3. The number of nitrogens with one attached hydrogen (secondary N) is 4. The Morgan fingerprint density at radius 1 is 0.640 bits per heavy atom. The van der Waals surface area contributed by atoms with E-state index in [2.05, 4.69) is 52.1 Å². The molecule has 428 valence electrons. The molecule has 4 amide bonds. The first-order valence-electron chi connectivity index (χ1n) is 27.9. The van der Waals surface area contributed by atoms with Crippen LogP contribution in [-0.4, -0.2) is 130 Å². The predicted octanol–water partition coefficient (Wildman–Crippen LogP) is 7.39. The third kappa shape index (κ3) is 28.2. The maximum absolute atomic E-state index is 13.6. The molecule has 0 aromatic heterocycles. The summed E-state index contributed by atoms with van der Waals surface area (Å²) in [6, 6.07) is -1.40. The van der Waals surface area contributed by atoms with Crippen LogP contribution in [0.2, 0.25) is 0 Å². The molecule has 2 rings (SSSR count). The topological polar surface area (TPSA) is 289 Å². The van der Waals surface area contributed by atoms with E-state index in [0.29, 0.717) is 116 Å². The first-order chi connectivity index (χ1) is 35.9. The number of unbranched alkanes of at least 4 members (excludes halogenated alkanes) is 9. The van der Waals surface area contributed by atoms with Gasteiger partial charge in [-0.25, -0.2) is 0 Å². The van der Waals surface area contributed by atoms with E-state index >= 15 is 0 Å². The number of amides is 4. The van der Waals surface area contributed by atoms with Crippen molar-refractivity contribution in [2.75, 3.05) is 39.5 Å². The summed E-state index contributed by atoms with van der Waals surface area (Å²) in [4.78, 5) is 102. The molecule has 11 atom stereocenters. The zero-order valence-corrected chi connectivity index (χ0v) is 46.5. The summed E-state index contributed by atoms with van der Waals surface area (Å²) in [6.07, 6.45) is 9.83. The second-order valence-corrected chi connectivity index (χ2v) is 20.5. The molecule has 0 bridgehead atoms. The van der Waals surface area contributed by atoms with Gasteiger partial charge in [-0.15, -0.1) is 0 Å². The molecule has 4 N–H and O–H groups in total. The van der Waals surface area contributed by atoms with Gasteiger partial charge in [0.2, 0.25) is 23.6 Å². The molecule has 0 aromatic rings. The molecule has 1 aliphatic heterocycles. The Morgan fingerprint density at radius 2 is 1.20 bits per heavy atom. The molecule has 2 fully saturated rings. The summed E-state index contributed by atoms with van der Waals surface area (Å²) in [5.41, 5.74) is 8.36. The van der Waals surface area contributed by atoms with Crippen LogP contribution in [0.1, 0.15) is 190 Å². The van der Waals surface area contributed by atoms with Gasteiger partial charge in [-0.05, 0) is 101 Å². The predicted molar refractivity (Wildman–Crippen MR) is 280 cm³/mol. The molecule has 1 aliphatic carbocycles. The van der Waals surface area contributed by atoms with Crippen molar-refractivity contribution in [1.29, 1.82) is 0 Å². The third-order valence-electron chi connectivity index (χ3n) is 14.3. The van der Waals surface area contributed by atoms with Gasteiger partial charge in [-0.1, -0.05) is 58.5 Å². The maximum atomic E-state index is 13.6. The number of hydrogen-bond acceptors (Lipinski definition) is 15. The van der Waals surface area contributed by atoms with Crippen molar-refractivity contribution in [3.63, 3.8) is 0 Å². The summed E-state index contributed by atoms with van der Waals surface area (Å²) < 4.78 is 35.0. The third-order valence-corrected chi connectivity index (χ3v) is 14.3. The molecule has 75 heavy (non-hydrogen) atoms. The van der Waals surface area contributed by atoms with Gasteiger partial charge in [0.15, 0.2) is 18.2 Å². The average molecular weight is 1060 g/mol. The fourth-order valence-corrected chi connectivity index (χ4v) is 9.71. The molecule has 1 saturated carbocycles. The zero-order valence-electron chi connectivity index (χ0n) is 46.5. The van der Waals surface area contributed by atoms with Gasteiger partial charge in [-0.3, -0.25) is 38.4 Å². The van der Waals surface area contributed by atoms with Crippen molar-refractivity contribution < 1.29 is 66.8 Å². The summed E-state index contributed by atoms with van der Waals surface area (Å²) in [5.74, 6) is -1.74. The number of rotatable bonds is 39. The Hall–Kier alpha value is -4.85. The quantitative estimate of drug-likeness (QED) is 0.0117. The number of Topliss-reactive ketones (excluding diaryl/α,β-unsaturated/α-hetero) is 1. The highest BCUT2D eigenvalue weighted by atomic mass is 16.7. The lowest BCUT2D eigenvalue weighted by molar-refractivity contribution is -0.255. The minimum Gasteiger partial charge on any atom is -0.463 e. The Kier molecular flexibility index (Phi) is 34.2. The summed E-state index contributed by atoms with van der Waals surface area (Å²) >= 11 is 0. The normalized spacial score (nSPS) is 23.6. The van der Waals surface area contributed by atoms with Gasteiger partial charge in [-0.2, -0.15) is 0 Å². The number of azide groups is 1. The van der Waals surface area contributed by atoms with Crippen molar-refractivity contribution in [2.45, 2.75) is 233 Å². The van der Waals surface area contributed by atoms with E-state index in [1.54, 1.807) is 0 Å². The van der Waals surface area contributed by atoms with Crippen LogP contribution in [0, 0.1) is 23.7 Å². The van der Waals surface area contributed by atoms with Crippen molar-refractivity contribution in [3.05, 3.63) is 10.4 Å². The summed E-state index contributed by atoms with van der Waals surface area (Å²) in [6.45, 7) is 15.9. The number of esters is 3. The Bertz CT molecular complexity index is 1800. The molecule has 21 heteroatoms. The monoisotopic (exact) mass is 1060 g/mol. The van der Waals surface area contributed by atoms with Crippen LogP contribution in [0.15, 0.2) is 5.11 Å². The highest BCUT2D eigenvalue weighted by Gasteiger charge is 2.49. The molecule has 0 aromatic carbocycles. The number of ketones is 1. The number of carbonyl (C=O) groups is 8. The molecule has 21 nitrogen and oxygen atoms in total. The molecule has 10 unspecified atom stereocenters. The molecule has 0 radical (unpaired) electrons. The highest BCUT2D eigenvalue weighted by Crippen LogP contribution is 2.36. The number of hydrogen-bond donors (Lipinski definition) is 4. The molecule has 1 saturated heterocycles. The van der Waals surface area contributed by atoms with E-state index < -0.39 is 48.6 Å². The zero-order chi connectivity index (χ0) is 55.5. The molecular formula is C54H93N7O14. The SMILES string of the molecule is CCC1CC(OCCCCC(=O)NCCCC[C@@H](NC(=O)CCCCOC2OC(COC(C)=O)C(C)C(C)C2C)C(=O)CCCCCCC(=O)NCCCCCCN=[N+]=[N-])C(NC(C)=O)C(OC(C)=O)C1OC(C)=O. The van der Waals surface area contributed by atoms with E-state index in [9.17, 15) is 38.4 Å². The van der Waals surface area contributed by atoms with E-state index in [4.69, 9.17) is 34.0 Å². The molecule has 0 spiro atoms. The van der Waals surface area contributed by atoms with Crippen molar-refractivity contribution in [3.8, 4) is 0 Å². The summed E-state index contributed by atoms with van der Waals surface area (Å²) in [7, 11) is 0. The first-order valence-corrected chi connectivity index (χ1v) is 27.9. The van der Waals surface area contributed by atoms with Gasteiger partial charge in [0.25, 0.3) is 0 Å². The largest absolute Gasteiger partial charge is 0.463 e. The lowest BCUT2D eigenvalue weighted by Gasteiger charge is -2.45. The fraction of sp³-hybridized carbons (Fsp3) is 0.852. The summed E-state index contributed by atoms with van der Waals surface area (Å²) in [5, 5.41) is 15.3. The minimum atomic E-state index is -0.929. The van der Waals surface area contributed by atoms with Crippen molar-refractivity contribution in [1.82, 2.24) is 21.3 Å². The van der Waals surface area contributed by atoms with Gasteiger partial charge < -0.3 is 49.7 Å². The second kappa shape index (κ2) is 38.7. The van der Waals surface area contributed by atoms with Crippen LogP contribution >= 0.6 is 0 Å². The number of carbonyl (C=O) groups excluding carboxylic acids is 8. The highest BCUT2D eigenvalue weighted by molar-refractivity contribution is 5.89. The van der Waals surface area contributed by atoms with Crippen LogP contribution in [0.3, 0.4) is 0 Å². The van der Waals surface area contributed by atoms with Crippen molar-refractivity contribution >= 4 is 47.3 Å². The van der Waals surface area contributed by atoms with E-state index in [0.717, 1.165) is 38.5 Å². The van der Waals surface area contributed by atoms with Crippen LogP contribution in [0.4, 0.5) is 0 Å². The van der Waals surface area contributed by atoms with Crippen LogP contribution < -0.4 is 21.3 Å². The molecule has 2 aliphatic rings. The Morgan fingerprint density at radius 3 is 1.80 bits per heavy atom. The lowest BCUT2D eigenvalue weighted by atomic mass is 9.77. The lowest BCUT2D eigenvalue weighted by Crippen LogP contribution is -2.63.